The minimum Gasteiger partial charge on any atom is -0.267 e. The summed E-state index contributed by atoms with van der Waals surface area (Å²) in [5.74, 6) is -0.157. The zero-order valence-corrected chi connectivity index (χ0v) is 15.0. The molecule has 0 saturated heterocycles. The number of benzene rings is 1. The molecule has 3 nitrogen and oxygen atoms in total. The monoisotopic (exact) mass is 411 g/mol. The normalized spacial score (nSPS) is 11.6. The lowest BCUT2D eigenvalue weighted by Crippen LogP contribution is -2.30. The van der Waals surface area contributed by atoms with E-state index in [2.05, 4.69) is 15.9 Å². The van der Waals surface area contributed by atoms with E-state index in [4.69, 9.17) is 11.6 Å². The topological polar surface area (TPSA) is 37.4 Å². The Morgan fingerprint density at radius 2 is 1.95 bits per heavy atom. The first-order valence-electron chi connectivity index (χ1n) is 6.02. The predicted octanol–water partition coefficient (Wildman–Crippen LogP) is 4.60. The highest BCUT2D eigenvalue weighted by Gasteiger charge is 2.27. The molecule has 0 N–H and O–H groups in total. The number of hydrogen-bond acceptors (Lipinski definition) is 3. The van der Waals surface area contributed by atoms with Crippen molar-refractivity contribution >= 4 is 54.6 Å². The van der Waals surface area contributed by atoms with Gasteiger partial charge >= 0.3 is 0 Å². The van der Waals surface area contributed by atoms with E-state index < -0.39 is 15.8 Å². The van der Waals surface area contributed by atoms with Crippen LogP contribution in [0.3, 0.4) is 0 Å². The lowest BCUT2D eigenvalue weighted by atomic mass is 10.3. The first-order valence-corrected chi connectivity index (χ1v) is 9.61. The lowest BCUT2D eigenvalue weighted by molar-refractivity contribution is 0.591. The second-order valence-electron chi connectivity index (χ2n) is 4.13. The molecular weight excluding hydrogens is 401 g/mol. The van der Waals surface area contributed by atoms with Gasteiger partial charge in [-0.3, -0.25) is 4.31 Å². The number of sulfonamides is 1. The number of hydrogen-bond donors (Lipinski definition) is 0. The highest BCUT2D eigenvalue weighted by Crippen LogP contribution is 2.35. The van der Waals surface area contributed by atoms with Gasteiger partial charge in [-0.15, -0.1) is 22.9 Å². The average molecular weight is 413 g/mol. The van der Waals surface area contributed by atoms with E-state index in [9.17, 15) is 12.8 Å². The molecule has 1 aromatic heterocycles. The molecule has 0 spiro atoms. The smallest absolute Gasteiger partial charge is 0.266 e. The Labute approximate surface area is 140 Å². The average Bonchev–Trinajstić information content (AvgIpc) is 2.83. The number of nitrogens with zero attached hydrogens (tertiary/aromatic N) is 1. The minimum absolute atomic E-state index is 0.175. The molecule has 1 aromatic carbocycles. The van der Waals surface area contributed by atoms with Crippen LogP contribution in [0.25, 0.3) is 0 Å². The van der Waals surface area contributed by atoms with Gasteiger partial charge in [-0.25, -0.2) is 12.8 Å². The molecule has 0 aliphatic rings. The summed E-state index contributed by atoms with van der Waals surface area (Å²) >= 11 is 10.3. The van der Waals surface area contributed by atoms with Crippen LogP contribution in [0.4, 0.5) is 10.1 Å². The Morgan fingerprint density at radius 1 is 1.33 bits per heavy atom. The van der Waals surface area contributed by atoms with Gasteiger partial charge in [-0.05, 0) is 53.2 Å². The molecule has 0 unspecified atom stereocenters. The highest BCUT2D eigenvalue weighted by molar-refractivity contribution is 9.11. The van der Waals surface area contributed by atoms with Crippen LogP contribution in [0.2, 0.25) is 0 Å². The van der Waals surface area contributed by atoms with Crippen LogP contribution in [0.15, 0.2) is 39.0 Å². The molecule has 2 aromatic rings. The second kappa shape index (κ2) is 6.64. The largest absolute Gasteiger partial charge is 0.267 e. The van der Waals surface area contributed by atoms with E-state index in [-0.39, 0.29) is 17.3 Å². The fourth-order valence-electron chi connectivity index (χ4n) is 1.86. The molecule has 21 heavy (non-hydrogen) atoms. The van der Waals surface area contributed by atoms with Crippen LogP contribution < -0.4 is 4.31 Å². The van der Waals surface area contributed by atoms with Gasteiger partial charge in [-0.2, -0.15) is 0 Å². The fraction of sp³-hybridized carbons (Fsp3) is 0.231. The highest BCUT2D eigenvalue weighted by atomic mass is 79.9. The molecule has 0 aliphatic carbocycles. The van der Waals surface area contributed by atoms with Gasteiger partial charge in [0, 0.05) is 11.4 Å². The maximum absolute atomic E-state index is 13.0. The molecule has 0 fully saturated rings. The first-order chi connectivity index (χ1) is 9.90. The van der Waals surface area contributed by atoms with E-state index in [0.29, 0.717) is 9.47 Å². The molecule has 1 heterocycles. The molecule has 0 amide bonds. The minimum atomic E-state index is -3.72. The summed E-state index contributed by atoms with van der Waals surface area (Å²) in [5.41, 5.74) is 0.421. The number of anilines is 1. The van der Waals surface area contributed by atoms with E-state index in [1.165, 1.54) is 39.9 Å². The Balaban J connectivity index is 2.49. The van der Waals surface area contributed by atoms with E-state index in [0.717, 1.165) is 4.88 Å². The molecule has 0 radical (unpaired) electrons. The van der Waals surface area contributed by atoms with Gasteiger partial charge in [-0.1, -0.05) is 0 Å². The summed E-state index contributed by atoms with van der Waals surface area (Å²) in [6.07, 6.45) is 0. The van der Waals surface area contributed by atoms with Gasteiger partial charge in [0.15, 0.2) is 0 Å². The molecule has 0 atom stereocenters. The van der Waals surface area contributed by atoms with Crippen LogP contribution in [-0.4, -0.2) is 15.0 Å². The van der Waals surface area contributed by atoms with Crippen molar-refractivity contribution in [3.63, 3.8) is 0 Å². The fourth-order valence-corrected chi connectivity index (χ4v) is 6.06. The van der Waals surface area contributed by atoms with Crippen molar-refractivity contribution in [3.05, 3.63) is 44.8 Å². The van der Waals surface area contributed by atoms with Crippen molar-refractivity contribution < 1.29 is 12.8 Å². The van der Waals surface area contributed by atoms with Crippen molar-refractivity contribution in [3.8, 4) is 0 Å². The molecule has 0 aliphatic heterocycles. The van der Waals surface area contributed by atoms with Gasteiger partial charge in [0.05, 0.1) is 15.4 Å². The lowest BCUT2D eigenvalue weighted by Gasteiger charge is -2.22. The summed E-state index contributed by atoms with van der Waals surface area (Å²) < 4.78 is 40.3. The number of rotatable bonds is 5. The van der Waals surface area contributed by atoms with E-state index in [1.807, 2.05) is 0 Å². The van der Waals surface area contributed by atoms with Crippen molar-refractivity contribution in [1.29, 1.82) is 0 Å². The molecular formula is C13H12BrClFNO2S2. The van der Waals surface area contributed by atoms with Gasteiger partial charge in [0.2, 0.25) is 0 Å². The van der Waals surface area contributed by atoms with Crippen molar-refractivity contribution in [1.82, 2.24) is 0 Å². The van der Waals surface area contributed by atoms with Gasteiger partial charge in [0.25, 0.3) is 10.0 Å². The summed E-state index contributed by atoms with van der Waals surface area (Å²) in [7, 11) is -3.72. The van der Waals surface area contributed by atoms with Crippen LogP contribution in [0, 0.1) is 5.82 Å². The zero-order valence-electron chi connectivity index (χ0n) is 11.0. The van der Waals surface area contributed by atoms with Crippen LogP contribution in [-0.2, 0) is 15.9 Å². The summed E-state index contributed by atoms with van der Waals surface area (Å²) in [4.78, 5) is 0.937. The standard InChI is InChI=1S/C13H12BrClFNO2S2/c1-2-17(10-5-3-9(16)4-6-10)21(18,19)12-7-11(8-15)20-13(12)14/h3-7H,2,8H2,1H3. The third-order valence-corrected chi connectivity index (χ3v) is 7.41. The molecule has 8 heteroatoms. The quantitative estimate of drug-likeness (QED) is 0.673. The van der Waals surface area contributed by atoms with E-state index in [1.54, 1.807) is 13.0 Å². The maximum Gasteiger partial charge on any atom is 0.266 e. The summed E-state index contributed by atoms with van der Waals surface area (Å²) in [6, 6.07) is 6.92. The Kier molecular flexibility index (Phi) is 5.29. The molecule has 0 saturated carbocycles. The zero-order chi connectivity index (χ0) is 15.6. The van der Waals surface area contributed by atoms with Crippen LogP contribution in [0.5, 0.6) is 0 Å². The third-order valence-electron chi connectivity index (χ3n) is 2.81. The van der Waals surface area contributed by atoms with Crippen molar-refractivity contribution in [2.45, 2.75) is 17.7 Å². The summed E-state index contributed by atoms with van der Waals surface area (Å²) in [5, 5.41) is 0. The van der Waals surface area contributed by atoms with Gasteiger partial charge in [0.1, 0.15) is 10.7 Å². The Hall–Kier alpha value is -0.630. The van der Waals surface area contributed by atoms with Crippen molar-refractivity contribution in [2.24, 2.45) is 0 Å². The number of thiophene rings is 1. The Morgan fingerprint density at radius 3 is 2.43 bits per heavy atom. The Bertz CT molecular complexity index is 731. The van der Waals surface area contributed by atoms with Crippen LogP contribution >= 0.6 is 38.9 Å². The molecule has 2 rings (SSSR count). The van der Waals surface area contributed by atoms with Crippen LogP contribution in [0.1, 0.15) is 11.8 Å². The molecule has 114 valence electrons. The van der Waals surface area contributed by atoms with E-state index >= 15 is 0 Å². The van der Waals surface area contributed by atoms with Crippen molar-refractivity contribution in [2.75, 3.05) is 10.8 Å². The first kappa shape index (κ1) is 16.7. The molecule has 0 bridgehead atoms. The maximum atomic E-state index is 13.0. The predicted molar refractivity (Wildman–Crippen MR) is 88.2 cm³/mol. The summed E-state index contributed by atoms with van der Waals surface area (Å²) in [6.45, 7) is 1.97. The SMILES string of the molecule is CCN(c1ccc(F)cc1)S(=O)(=O)c1cc(CCl)sc1Br. The second-order valence-corrected chi connectivity index (χ2v) is 8.68. The number of halogens is 3. The number of alkyl halides is 1. The third kappa shape index (κ3) is 3.41. The van der Waals surface area contributed by atoms with Gasteiger partial charge < -0.3 is 0 Å².